The van der Waals surface area contributed by atoms with E-state index in [1.54, 1.807) is 6.07 Å². The van der Waals surface area contributed by atoms with Crippen molar-refractivity contribution in [3.8, 4) is 0 Å². The maximum absolute atomic E-state index is 14.9. The third-order valence-corrected chi connectivity index (χ3v) is 15.8. The normalized spacial score (nSPS) is 13.0. The van der Waals surface area contributed by atoms with Crippen molar-refractivity contribution in [3.63, 3.8) is 0 Å². The zero-order chi connectivity index (χ0) is 27.2. The Morgan fingerprint density at radius 2 is 1.11 bits per heavy atom. The summed E-state index contributed by atoms with van der Waals surface area (Å²) in [7, 11) is -8.35. The molecule has 0 aliphatic carbocycles. The molecule has 0 heterocycles. The van der Waals surface area contributed by atoms with Gasteiger partial charge in [0.05, 0.1) is 30.2 Å². The molecule has 0 saturated heterocycles. The van der Waals surface area contributed by atoms with E-state index in [-0.39, 0.29) is 30.2 Å². The maximum Gasteiger partial charge on any atom is 0.364 e. The molecule has 0 fully saturated rings. The lowest BCUT2D eigenvalue weighted by molar-refractivity contribution is 0.173. The second kappa shape index (κ2) is 18.0. The predicted octanol–water partition coefficient (Wildman–Crippen LogP) is 11.4. The van der Waals surface area contributed by atoms with Gasteiger partial charge in [-0.05, 0) is 31.2 Å². The summed E-state index contributed by atoms with van der Waals surface area (Å²) in [4.78, 5) is 0. The van der Waals surface area contributed by atoms with E-state index in [9.17, 15) is 9.13 Å². The largest absolute Gasteiger partial charge is 0.364 e. The van der Waals surface area contributed by atoms with Crippen LogP contribution in [-0.2, 0) is 31.0 Å². The summed E-state index contributed by atoms with van der Waals surface area (Å²) in [5.74, 6) is 0. The lowest BCUT2D eigenvalue weighted by Gasteiger charge is -2.39. The van der Waals surface area contributed by atoms with Gasteiger partial charge >= 0.3 is 15.2 Å². The minimum atomic E-state index is -4.18. The van der Waals surface area contributed by atoms with Crippen LogP contribution in [0.4, 0.5) is 0 Å². The van der Waals surface area contributed by atoms with Gasteiger partial charge in [0, 0.05) is 10.0 Å². The van der Waals surface area contributed by atoms with Crippen molar-refractivity contribution in [2.75, 3.05) is 26.4 Å². The predicted molar refractivity (Wildman–Crippen MR) is 164 cm³/mol. The summed E-state index contributed by atoms with van der Waals surface area (Å²) in [5, 5.41) is 0. The number of rotatable bonds is 20. The Morgan fingerprint density at radius 1 is 0.750 bits per heavy atom. The van der Waals surface area contributed by atoms with Crippen LogP contribution in [0.3, 0.4) is 0 Å². The zero-order valence-electron chi connectivity index (χ0n) is 21.7. The molecule has 0 radical (unpaired) electrons. The molecule has 0 bridgehead atoms. The Labute approximate surface area is 251 Å². The van der Waals surface area contributed by atoms with Gasteiger partial charge < -0.3 is 18.1 Å². The van der Waals surface area contributed by atoms with E-state index in [0.717, 1.165) is 31.2 Å². The molecule has 12 heteroatoms. The van der Waals surface area contributed by atoms with Crippen molar-refractivity contribution < 1.29 is 27.2 Å². The minimum absolute atomic E-state index is 0.188. The van der Waals surface area contributed by atoms with Gasteiger partial charge in [-0.3, -0.25) is 9.13 Å². The quantitative estimate of drug-likeness (QED) is 0.0743. The summed E-state index contributed by atoms with van der Waals surface area (Å²) < 4.78 is 52.5. The number of halogens is 4. The number of hydrogen-bond acceptors (Lipinski definition) is 6. The van der Waals surface area contributed by atoms with Crippen LogP contribution in [-0.4, -0.2) is 26.4 Å². The number of benzene rings is 1. The summed E-state index contributed by atoms with van der Waals surface area (Å²) in [5.41, 5.74) is 1.25. The van der Waals surface area contributed by atoms with Crippen molar-refractivity contribution in [1.29, 1.82) is 0 Å². The molecule has 0 amide bonds. The second-order valence-electron chi connectivity index (χ2n) is 8.34. The topological polar surface area (TPSA) is 71.1 Å². The summed E-state index contributed by atoms with van der Waals surface area (Å²) in [6, 6.07) is 5.46. The molecule has 1 aromatic carbocycles. The molecule has 1 rings (SSSR count). The third-order valence-electron chi connectivity index (χ3n) is 5.37. The van der Waals surface area contributed by atoms with Crippen LogP contribution in [0.2, 0.25) is 0 Å². The highest BCUT2D eigenvalue weighted by Crippen LogP contribution is 2.86. The molecular formula is C24H40Br4O6P2. The molecule has 1 aromatic rings. The van der Waals surface area contributed by atoms with Crippen LogP contribution in [0.1, 0.15) is 93.9 Å². The van der Waals surface area contributed by atoms with Crippen molar-refractivity contribution in [1.82, 2.24) is 0 Å². The maximum atomic E-state index is 14.9. The van der Waals surface area contributed by atoms with Gasteiger partial charge in [0.25, 0.3) is 3.81 Å². The summed E-state index contributed by atoms with van der Waals surface area (Å²) >= 11 is 14.5. The lowest BCUT2D eigenvalue weighted by Crippen LogP contribution is -2.26. The first-order valence-electron chi connectivity index (χ1n) is 12.6. The molecule has 0 atom stereocenters. The van der Waals surface area contributed by atoms with E-state index >= 15 is 0 Å². The van der Waals surface area contributed by atoms with Gasteiger partial charge in [0.2, 0.25) is 0 Å². The fraction of sp³-hybridized carbons (Fsp3) is 0.750. The minimum Gasteiger partial charge on any atom is -0.307 e. The van der Waals surface area contributed by atoms with Crippen LogP contribution in [0, 0.1) is 0 Å². The van der Waals surface area contributed by atoms with Gasteiger partial charge in [-0.15, -0.1) is 0 Å². The monoisotopic (exact) mass is 802 g/mol. The molecule has 0 aliphatic heterocycles. The SMILES string of the molecule is CCCCOP(=O)(OCCCC)C(Br)(c1cccc(C(Br)Br)c1Br)P(=O)(OCCCC)OCCCC. The van der Waals surface area contributed by atoms with Gasteiger partial charge in [0.15, 0.2) is 0 Å². The van der Waals surface area contributed by atoms with Gasteiger partial charge in [-0.1, -0.05) is 135 Å². The molecule has 36 heavy (non-hydrogen) atoms. The molecule has 210 valence electrons. The summed E-state index contributed by atoms with van der Waals surface area (Å²) in [6.07, 6.45) is 6.07. The fourth-order valence-electron chi connectivity index (χ4n) is 3.14. The fourth-order valence-corrected chi connectivity index (χ4v) is 12.6. The van der Waals surface area contributed by atoms with E-state index in [0.29, 0.717) is 35.7 Å². The molecule has 0 aromatic heterocycles. The average Bonchev–Trinajstić information content (AvgIpc) is 2.84. The molecule has 0 spiro atoms. The van der Waals surface area contributed by atoms with Gasteiger partial charge in [0.1, 0.15) is 0 Å². The number of hydrogen-bond donors (Lipinski definition) is 0. The van der Waals surface area contributed by atoms with Gasteiger partial charge in [-0.25, -0.2) is 0 Å². The highest BCUT2D eigenvalue weighted by Gasteiger charge is 2.66. The third kappa shape index (κ3) is 9.24. The van der Waals surface area contributed by atoms with E-state index in [1.165, 1.54) is 0 Å². The first-order chi connectivity index (χ1) is 17.1. The highest BCUT2D eigenvalue weighted by atomic mass is 79.9. The second-order valence-corrected chi connectivity index (χ2v) is 19.3. The Morgan fingerprint density at radius 3 is 1.42 bits per heavy atom. The Bertz CT molecular complexity index is 805. The smallest absolute Gasteiger partial charge is 0.307 e. The summed E-state index contributed by atoms with van der Waals surface area (Å²) in [6.45, 7) is 8.83. The van der Waals surface area contributed by atoms with E-state index in [2.05, 4.69) is 63.7 Å². The van der Waals surface area contributed by atoms with Crippen LogP contribution in [0.5, 0.6) is 0 Å². The Hall–Kier alpha value is 1.44. The zero-order valence-corrected chi connectivity index (χ0v) is 29.8. The first-order valence-corrected chi connectivity index (χ1v) is 19.1. The van der Waals surface area contributed by atoms with Crippen molar-refractivity contribution >= 4 is 78.9 Å². The molecule has 6 nitrogen and oxygen atoms in total. The van der Waals surface area contributed by atoms with Crippen molar-refractivity contribution in [2.45, 2.75) is 86.6 Å². The van der Waals surface area contributed by atoms with E-state index in [4.69, 9.17) is 18.1 Å². The molecule has 0 unspecified atom stereocenters. The molecule has 0 N–H and O–H groups in total. The molecule has 0 aliphatic rings. The number of unbranched alkanes of at least 4 members (excludes halogenated alkanes) is 4. The van der Waals surface area contributed by atoms with E-state index in [1.807, 2.05) is 39.8 Å². The van der Waals surface area contributed by atoms with Gasteiger partial charge in [-0.2, -0.15) is 0 Å². The lowest BCUT2D eigenvalue weighted by atomic mass is 10.2. The Kier molecular flexibility index (Phi) is 17.7. The van der Waals surface area contributed by atoms with Crippen molar-refractivity contribution in [3.05, 3.63) is 33.8 Å². The highest BCUT2D eigenvalue weighted by molar-refractivity contribution is 9.24. The van der Waals surface area contributed by atoms with Crippen molar-refractivity contribution in [2.24, 2.45) is 0 Å². The van der Waals surface area contributed by atoms with Crippen LogP contribution < -0.4 is 0 Å². The molecule has 0 saturated carbocycles. The first kappa shape index (κ1) is 35.5. The average molecular weight is 806 g/mol. The van der Waals surface area contributed by atoms with Crippen LogP contribution in [0.15, 0.2) is 22.7 Å². The van der Waals surface area contributed by atoms with Crippen LogP contribution in [0.25, 0.3) is 0 Å². The standard InChI is InChI=1S/C24H40Br4O6P2/c1-5-9-16-31-35(29,32-17-10-6-2)24(28,21-15-13-14-20(22(21)25)23(26)27)36(30,33-18-11-7-3)34-19-12-8-4/h13-15,23H,5-12,16-19H2,1-4H3. The molecular weight excluding hydrogens is 766 g/mol. The Balaban J connectivity index is 3.90. The van der Waals surface area contributed by atoms with E-state index < -0.39 is 19.0 Å². The van der Waals surface area contributed by atoms with Crippen LogP contribution >= 0.6 is 78.9 Å². The number of alkyl halides is 3.